The number of carbonyl (C=O) groups excluding carboxylic acids is 1. The number of piperidine rings is 1. The summed E-state index contributed by atoms with van der Waals surface area (Å²) in [6, 6.07) is 4.46. The molecule has 3 rings (SSSR count). The second-order valence-corrected chi connectivity index (χ2v) is 6.26. The summed E-state index contributed by atoms with van der Waals surface area (Å²) in [4.78, 5) is 26.2. The number of hydrogen-bond donors (Lipinski definition) is 2. The maximum atomic E-state index is 13.0. The number of amides is 1. The van der Waals surface area contributed by atoms with E-state index in [2.05, 4.69) is 20.3 Å². The van der Waals surface area contributed by atoms with Gasteiger partial charge in [0.15, 0.2) is 0 Å². The highest BCUT2D eigenvalue weighted by molar-refractivity contribution is 5.92. The lowest BCUT2D eigenvalue weighted by Crippen LogP contribution is -2.54. The number of carbonyl (C=O) groups is 1. The molecule has 7 nitrogen and oxygen atoms in total. The van der Waals surface area contributed by atoms with Crippen LogP contribution in [0.2, 0.25) is 0 Å². The smallest absolute Gasteiger partial charge is 0.270 e. The lowest BCUT2D eigenvalue weighted by molar-refractivity contribution is 0.0253. The molecule has 0 saturated carbocycles. The van der Waals surface area contributed by atoms with E-state index in [1.54, 1.807) is 13.0 Å². The minimum absolute atomic E-state index is 0.104. The number of halogens is 1. The van der Waals surface area contributed by atoms with Gasteiger partial charge in [-0.15, -0.1) is 0 Å². The van der Waals surface area contributed by atoms with Crippen LogP contribution in [-0.2, 0) is 0 Å². The van der Waals surface area contributed by atoms with Gasteiger partial charge in [0.05, 0.1) is 11.8 Å². The summed E-state index contributed by atoms with van der Waals surface area (Å²) in [6.45, 7) is 2.85. The monoisotopic (exact) mass is 345 g/mol. The Kier molecular flexibility index (Phi) is 4.89. The van der Waals surface area contributed by atoms with E-state index in [1.165, 1.54) is 18.3 Å². The molecule has 1 fully saturated rings. The SMILES string of the molecule is Cc1nccc(C(=O)NC[C@@]2(O)CCCN(c3ccc(F)cn3)C2)n1. The molecule has 25 heavy (non-hydrogen) atoms. The third kappa shape index (κ3) is 4.27. The van der Waals surface area contributed by atoms with Crippen LogP contribution in [0.5, 0.6) is 0 Å². The minimum atomic E-state index is -1.08. The maximum absolute atomic E-state index is 13.0. The highest BCUT2D eigenvalue weighted by Gasteiger charge is 2.34. The van der Waals surface area contributed by atoms with E-state index in [9.17, 15) is 14.3 Å². The van der Waals surface area contributed by atoms with E-state index >= 15 is 0 Å². The summed E-state index contributed by atoms with van der Waals surface area (Å²) in [5, 5.41) is 13.5. The van der Waals surface area contributed by atoms with Crippen LogP contribution >= 0.6 is 0 Å². The fourth-order valence-electron chi connectivity index (χ4n) is 2.93. The van der Waals surface area contributed by atoms with E-state index in [-0.39, 0.29) is 18.1 Å². The first-order valence-electron chi connectivity index (χ1n) is 8.12. The number of anilines is 1. The Balaban J connectivity index is 1.63. The number of aliphatic hydroxyl groups is 1. The zero-order chi connectivity index (χ0) is 17.9. The zero-order valence-corrected chi connectivity index (χ0v) is 13.9. The van der Waals surface area contributed by atoms with Crippen molar-refractivity contribution in [2.45, 2.75) is 25.4 Å². The summed E-state index contributed by atoms with van der Waals surface area (Å²) in [5.74, 6) is 0.370. The van der Waals surface area contributed by atoms with Gasteiger partial charge in [0.2, 0.25) is 0 Å². The topological polar surface area (TPSA) is 91.2 Å². The Hall–Kier alpha value is -2.61. The summed E-state index contributed by atoms with van der Waals surface area (Å²) in [7, 11) is 0. The van der Waals surface area contributed by atoms with Crippen molar-refractivity contribution in [1.29, 1.82) is 0 Å². The van der Waals surface area contributed by atoms with Crippen molar-refractivity contribution in [3.05, 3.63) is 47.9 Å². The van der Waals surface area contributed by atoms with Crippen LogP contribution in [0.1, 0.15) is 29.2 Å². The van der Waals surface area contributed by atoms with Gasteiger partial charge < -0.3 is 15.3 Å². The molecular weight excluding hydrogens is 325 g/mol. The molecule has 0 unspecified atom stereocenters. The van der Waals surface area contributed by atoms with Crippen LogP contribution in [0, 0.1) is 12.7 Å². The van der Waals surface area contributed by atoms with Crippen LogP contribution < -0.4 is 10.2 Å². The highest BCUT2D eigenvalue weighted by atomic mass is 19.1. The number of β-amino-alcohol motifs (C(OH)–C–C–N with tert-alkyl or cyclic N) is 1. The van der Waals surface area contributed by atoms with Gasteiger partial charge in [-0.2, -0.15) is 0 Å². The van der Waals surface area contributed by atoms with Gasteiger partial charge in [-0.3, -0.25) is 4.79 Å². The van der Waals surface area contributed by atoms with Crippen molar-refractivity contribution in [3.63, 3.8) is 0 Å². The van der Waals surface area contributed by atoms with Gasteiger partial charge in [-0.25, -0.2) is 19.3 Å². The summed E-state index contributed by atoms with van der Waals surface area (Å²) >= 11 is 0. The molecule has 8 heteroatoms. The molecule has 3 heterocycles. The standard InChI is InChI=1S/C17H20FN5O2/c1-12-19-7-5-14(22-12)16(24)21-10-17(25)6-2-8-23(11-17)15-4-3-13(18)9-20-15/h3-5,7,9,25H,2,6,8,10-11H2,1H3,(H,21,24)/t17-/m0/s1. The van der Waals surface area contributed by atoms with Crippen LogP contribution in [0.3, 0.4) is 0 Å². The minimum Gasteiger partial charge on any atom is -0.386 e. The summed E-state index contributed by atoms with van der Waals surface area (Å²) in [5.41, 5.74) is -0.810. The summed E-state index contributed by atoms with van der Waals surface area (Å²) < 4.78 is 13.0. The van der Waals surface area contributed by atoms with E-state index in [0.29, 0.717) is 24.6 Å². The molecule has 2 aromatic rings. The summed E-state index contributed by atoms with van der Waals surface area (Å²) in [6.07, 6.45) is 3.99. The molecule has 1 amide bonds. The van der Waals surface area contributed by atoms with E-state index in [1.807, 2.05) is 4.90 Å². The van der Waals surface area contributed by atoms with Gasteiger partial charge in [0.1, 0.15) is 23.2 Å². The number of aryl methyl sites for hydroxylation is 1. The van der Waals surface area contributed by atoms with E-state index < -0.39 is 11.4 Å². The molecule has 2 aromatic heterocycles. The van der Waals surface area contributed by atoms with Gasteiger partial charge in [-0.05, 0) is 38.0 Å². The van der Waals surface area contributed by atoms with Crippen LogP contribution in [0.25, 0.3) is 0 Å². The van der Waals surface area contributed by atoms with Gasteiger partial charge in [-0.1, -0.05) is 0 Å². The molecule has 0 aliphatic carbocycles. The zero-order valence-electron chi connectivity index (χ0n) is 13.9. The molecule has 1 saturated heterocycles. The molecular formula is C17H20FN5O2. The van der Waals surface area contributed by atoms with Gasteiger partial charge in [0, 0.05) is 25.8 Å². The molecule has 2 N–H and O–H groups in total. The highest BCUT2D eigenvalue weighted by Crippen LogP contribution is 2.24. The number of pyridine rings is 1. The van der Waals surface area contributed by atoms with Crippen molar-refractivity contribution in [2.24, 2.45) is 0 Å². The first-order chi connectivity index (χ1) is 12.0. The third-order valence-electron chi connectivity index (χ3n) is 4.18. The molecule has 1 aliphatic rings. The molecule has 0 radical (unpaired) electrons. The first kappa shape index (κ1) is 17.2. The van der Waals surface area contributed by atoms with E-state index in [4.69, 9.17) is 0 Å². The molecule has 1 aliphatic heterocycles. The van der Waals surface area contributed by atoms with Gasteiger partial charge >= 0.3 is 0 Å². The normalized spacial score (nSPS) is 20.4. The Morgan fingerprint density at radius 1 is 1.40 bits per heavy atom. The Morgan fingerprint density at radius 2 is 2.24 bits per heavy atom. The molecule has 0 bridgehead atoms. The van der Waals surface area contributed by atoms with E-state index in [0.717, 1.165) is 19.2 Å². The average molecular weight is 345 g/mol. The van der Waals surface area contributed by atoms with Crippen molar-refractivity contribution in [1.82, 2.24) is 20.3 Å². The number of nitrogens with one attached hydrogen (secondary N) is 1. The Morgan fingerprint density at radius 3 is 2.96 bits per heavy atom. The quantitative estimate of drug-likeness (QED) is 0.862. The average Bonchev–Trinajstić information content (AvgIpc) is 2.60. The fourth-order valence-corrected chi connectivity index (χ4v) is 2.93. The molecule has 0 aromatic carbocycles. The molecule has 1 atom stereocenters. The maximum Gasteiger partial charge on any atom is 0.270 e. The third-order valence-corrected chi connectivity index (χ3v) is 4.18. The van der Waals surface area contributed by atoms with Crippen LogP contribution in [0.15, 0.2) is 30.6 Å². The first-order valence-corrected chi connectivity index (χ1v) is 8.12. The van der Waals surface area contributed by atoms with Crippen molar-refractivity contribution in [2.75, 3.05) is 24.5 Å². The predicted molar refractivity (Wildman–Crippen MR) is 89.7 cm³/mol. The van der Waals surface area contributed by atoms with Gasteiger partial charge in [0.25, 0.3) is 5.91 Å². The Labute approximate surface area is 144 Å². The largest absolute Gasteiger partial charge is 0.386 e. The Bertz CT molecular complexity index is 755. The van der Waals surface area contributed by atoms with Crippen molar-refractivity contribution >= 4 is 11.7 Å². The van der Waals surface area contributed by atoms with Crippen LogP contribution in [-0.4, -0.2) is 51.2 Å². The van der Waals surface area contributed by atoms with Crippen molar-refractivity contribution < 1.29 is 14.3 Å². The molecule has 0 spiro atoms. The van der Waals surface area contributed by atoms with Crippen molar-refractivity contribution in [3.8, 4) is 0 Å². The van der Waals surface area contributed by atoms with Crippen LogP contribution in [0.4, 0.5) is 10.2 Å². The number of hydrogen-bond acceptors (Lipinski definition) is 6. The lowest BCUT2D eigenvalue weighted by Gasteiger charge is -2.39. The number of nitrogens with zero attached hydrogens (tertiary/aromatic N) is 4. The second kappa shape index (κ2) is 7.10. The fraction of sp³-hybridized carbons (Fsp3) is 0.412. The number of rotatable bonds is 4. The molecule has 132 valence electrons. The predicted octanol–water partition coefficient (Wildman–Crippen LogP) is 1.08. The lowest BCUT2D eigenvalue weighted by atomic mass is 9.92. The second-order valence-electron chi connectivity index (χ2n) is 6.26. The number of aromatic nitrogens is 3.